The fraction of sp³-hybridized carbons (Fsp3) is 0.588. The lowest BCUT2D eigenvalue weighted by molar-refractivity contribution is 0.0951. The van der Waals surface area contributed by atoms with Gasteiger partial charge in [-0.05, 0) is 38.8 Å². The predicted molar refractivity (Wildman–Crippen MR) is 98.2 cm³/mol. The van der Waals surface area contributed by atoms with Crippen LogP contribution in [-0.2, 0) is 10.0 Å². The summed E-state index contributed by atoms with van der Waals surface area (Å²) in [6, 6.07) is 6.28. The van der Waals surface area contributed by atoms with Gasteiger partial charge in [0.2, 0.25) is 10.0 Å². The Labute approximate surface area is 150 Å². The van der Waals surface area contributed by atoms with Crippen molar-refractivity contribution in [1.82, 2.24) is 19.4 Å². The van der Waals surface area contributed by atoms with Crippen molar-refractivity contribution in [3.05, 3.63) is 29.8 Å². The van der Waals surface area contributed by atoms with Crippen molar-refractivity contribution >= 4 is 15.9 Å². The second-order valence-electron chi connectivity index (χ2n) is 6.43. The van der Waals surface area contributed by atoms with Crippen LogP contribution in [0.2, 0.25) is 0 Å². The maximum Gasteiger partial charge on any atom is 0.251 e. The molecule has 0 bridgehead atoms. The van der Waals surface area contributed by atoms with Crippen LogP contribution in [-0.4, -0.2) is 88.3 Å². The fourth-order valence-electron chi connectivity index (χ4n) is 2.73. The highest BCUT2D eigenvalue weighted by molar-refractivity contribution is 7.89. The van der Waals surface area contributed by atoms with Crippen molar-refractivity contribution < 1.29 is 13.2 Å². The van der Waals surface area contributed by atoms with Gasteiger partial charge in [-0.15, -0.1) is 0 Å². The molecule has 1 aromatic rings. The van der Waals surface area contributed by atoms with Gasteiger partial charge < -0.3 is 15.1 Å². The van der Waals surface area contributed by atoms with E-state index in [1.54, 1.807) is 18.2 Å². The minimum absolute atomic E-state index is 0.178. The minimum atomic E-state index is -3.57. The molecule has 1 aromatic carbocycles. The summed E-state index contributed by atoms with van der Waals surface area (Å²) in [6.45, 7) is 6.68. The molecule has 2 rings (SSSR count). The van der Waals surface area contributed by atoms with E-state index in [1.807, 2.05) is 19.0 Å². The van der Waals surface area contributed by atoms with Crippen molar-refractivity contribution in [1.29, 1.82) is 0 Å². The fourth-order valence-corrected chi connectivity index (χ4v) is 4.20. The molecular formula is C17H28N4O3S. The molecule has 1 aliphatic heterocycles. The first-order valence-electron chi connectivity index (χ1n) is 8.60. The van der Waals surface area contributed by atoms with E-state index in [9.17, 15) is 13.2 Å². The van der Waals surface area contributed by atoms with Crippen LogP contribution in [0.1, 0.15) is 17.3 Å². The lowest BCUT2D eigenvalue weighted by Crippen LogP contribution is -2.48. The van der Waals surface area contributed by atoms with Gasteiger partial charge in [0, 0.05) is 44.8 Å². The van der Waals surface area contributed by atoms with E-state index in [2.05, 4.69) is 17.1 Å². The first kappa shape index (κ1) is 19.8. The molecule has 1 heterocycles. The highest BCUT2D eigenvalue weighted by atomic mass is 32.2. The van der Waals surface area contributed by atoms with Crippen LogP contribution in [0.25, 0.3) is 0 Å². The van der Waals surface area contributed by atoms with E-state index in [4.69, 9.17) is 0 Å². The summed E-state index contributed by atoms with van der Waals surface area (Å²) >= 11 is 0. The Kier molecular flexibility index (Phi) is 6.95. The van der Waals surface area contributed by atoms with Gasteiger partial charge in [0.15, 0.2) is 0 Å². The summed E-state index contributed by atoms with van der Waals surface area (Å²) in [6.07, 6.45) is 0. The Morgan fingerprint density at radius 2 is 1.88 bits per heavy atom. The molecule has 0 unspecified atom stereocenters. The monoisotopic (exact) mass is 368 g/mol. The molecule has 25 heavy (non-hydrogen) atoms. The SMILES string of the molecule is CCN1CCN(S(=O)(=O)c2cccc(C(=O)NCCN(C)C)c2)CC1. The van der Waals surface area contributed by atoms with Crippen LogP contribution in [0.15, 0.2) is 29.2 Å². The number of sulfonamides is 1. The van der Waals surface area contributed by atoms with Crippen LogP contribution in [0, 0.1) is 0 Å². The first-order chi connectivity index (χ1) is 11.8. The normalized spacial score (nSPS) is 17.0. The largest absolute Gasteiger partial charge is 0.351 e. The van der Waals surface area contributed by atoms with Gasteiger partial charge in [-0.1, -0.05) is 13.0 Å². The van der Waals surface area contributed by atoms with E-state index in [0.717, 1.165) is 26.2 Å². The summed E-state index contributed by atoms with van der Waals surface area (Å²) in [7, 11) is 0.291. The molecule has 1 fully saturated rings. The Morgan fingerprint density at radius 1 is 1.20 bits per heavy atom. The molecular weight excluding hydrogens is 340 g/mol. The van der Waals surface area contributed by atoms with Gasteiger partial charge in [0.25, 0.3) is 5.91 Å². The van der Waals surface area contributed by atoms with Crippen molar-refractivity contribution in [3.8, 4) is 0 Å². The standard InChI is InChI=1S/C17H28N4O3S/c1-4-20-10-12-21(13-11-20)25(23,24)16-7-5-6-15(14-16)17(22)18-8-9-19(2)3/h5-7,14H,4,8-13H2,1-3H3,(H,18,22). The van der Waals surface area contributed by atoms with Crippen LogP contribution in [0.3, 0.4) is 0 Å². The predicted octanol–water partition coefficient (Wildman–Crippen LogP) is 0.304. The molecule has 1 saturated heterocycles. The van der Waals surface area contributed by atoms with Gasteiger partial charge in [0.05, 0.1) is 4.90 Å². The molecule has 0 saturated carbocycles. The number of hydrogen-bond acceptors (Lipinski definition) is 5. The number of carbonyl (C=O) groups excluding carboxylic acids is 1. The van der Waals surface area contributed by atoms with Gasteiger partial charge in [0.1, 0.15) is 0 Å². The number of nitrogens with zero attached hydrogens (tertiary/aromatic N) is 3. The second kappa shape index (κ2) is 8.75. The summed E-state index contributed by atoms with van der Waals surface area (Å²) in [5.41, 5.74) is 0.368. The average molecular weight is 369 g/mol. The molecule has 7 nitrogen and oxygen atoms in total. The van der Waals surface area contributed by atoms with Gasteiger partial charge >= 0.3 is 0 Å². The number of amides is 1. The molecule has 0 spiro atoms. The number of rotatable bonds is 7. The van der Waals surface area contributed by atoms with E-state index in [-0.39, 0.29) is 10.8 Å². The maximum absolute atomic E-state index is 12.8. The third-order valence-corrected chi connectivity index (χ3v) is 6.25. The zero-order valence-corrected chi connectivity index (χ0v) is 16.1. The van der Waals surface area contributed by atoms with E-state index >= 15 is 0 Å². The highest BCUT2D eigenvalue weighted by Gasteiger charge is 2.28. The third-order valence-electron chi connectivity index (χ3n) is 4.36. The zero-order chi connectivity index (χ0) is 18.4. The van der Waals surface area contributed by atoms with Crippen molar-refractivity contribution in [2.24, 2.45) is 0 Å². The smallest absolute Gasteiger partial charge is 0.251 e. The lowest BCUT2D eigenvalue weighted by atomic mass is 10.2. The summed E-state index contributed by atoms with van der Waals surface area (Å²) in [5, 5.41) is 2.81. The van der Waals surface area contributed by atoms with Gasteiger partial charge in [-0.2, -0.15) is 4.31 Å². The first-order valence-corrected chi connectivity index (χ1v) is 10.0. The number of hydrogen-bond donors (Lipinski definition) is 1. The van der Waals surface area contributed by atoms with E-state index in [0.29, 0.717) is 25.2 Å². The number of likely N-dealkylation sites (N-methyl/N-ethyl adjacent to an activating group) is 2. The zero-order valence-electron chi connectivity index (χ0n) is 15.2. The third kappa shape index (κ3) is 5.24. The van der Waals surface area contributed by atoms with E-state index in [1.165, 1.54) is 10.4 Å². The number of carbonyl (C=O) groups is 1. The molecule has 0 radical (unpaired) electrons. The lowest BCUT2D eigenvalue weighted by Gasteiger charge is -2.33. The molecule has 1 N–H and O–H groups in total. The van der Waals surface area contributed by atoms with Crippen molar-refractivity contribution in [2.75, 3.05) is 59.9 Å². The summed E-state index contributed by atoms with van der Waals surface area (Å²) < 4.78 is 27.2. The van der Waals surface area contributed by atoms with Gasteiger partial charge in [-0.3, -0.25) is 4.79 Å². The number of benzene rings is 1. The molecule has 0 aliphatic carbocycles. The molecule has 8 heteroatoms. The number of nitrogens with one attached hydrogen (secondary N) is 1. The topological polar surface area (TPSA) is 73.0 Å². The Hall–Kier alpha value is -1.48. The van der Waals surface area contributed by atoms with Crippen LogP contribution >= 0.6 is 0 Å². The van der Waals surface area contributed by atoms with Crippen LogP contribution in [0.5, 0.6) is 0 Å². The second-order valence-corrected chi connectivity index (χ2v) is 8.36. The Balaban J connectivity index is 2.08. The van der Waals surface area contributed by atoms with Crippen LogP contribution in [0.4, 0.5) is 0 Å². The quantitative estimate of drug-likeness (QED) is 0.750. The Morgan fingerprint density at radius 3 is 2.48 bits per heavy atom. The average Bonchev–Trinajstić information content (AvgIpc) is 2.61. The Bertz CT molecular complexity index is 683. The maximum atomic E-state index is 12.8. The van der Waals surface area contributed by atoms with Gasteiger partial charge in [-0.25, -0.2) is 8.42 Å². The number of piperazine rings is 1. The van der Waals surface area contributed by atoms with Crippen molar-refractivity contribution in [2.45, 2.75) is 11.8 Å². The molecule has 0 aromatic heterocycles. The minimum Gasteiger partial charge on any atom is -0.351 e. The molecule has 140 valence electrons. The van der Waals surface area contributed by atoms with E-state index < -0.39 is 10.0 Å². The van der Waals surface area contributed by atoms with Crippen molar-refractivity contribution in [3.63, 3.8) is 0 Å². The molecule has 0 atom stereocenters. The highest BCUT2D eigenvalue weighted by Crippen LogP contribution is 2.19. The summed E-state index contributed by atoms with van der Waals surface area (Å²) in [4.78, 5) is 16.6. The van der Waals surface area contributed by atoms with Crippen LogP contribution < -0.4 is 5.32 Å². The molecule has 1 aliphatic rings. The summed E-state index contributed by atoms with van der Waals surface area (Å²) in [5.74, 6) is -0.255. The molecule has 1 amide bonds.